The number of benzene rings is 1. The largest absolute Gasteiger partial charge is 0.497 e. The second-order valence-corrected chi connectivity index (χ2v) is 7.85. The summed E-state index contributed by atoms with van der Waals surface area (Å²) >= 11 is 1.25. The van der Waals surface area contributed by atoms with Gasteiger partial charge in [0.25, 0.3) is 0 Å². The molecule has 2 aromatic rings. The first-order chi connectivity index (χ1) is 14.4. The molecule has 0 aliphatic carbocycles. The van der Waals surface area contributed by atoms with Crippen LogP contribution in [0.15, 0.2) is 40.8 Å². The summed E-state index contributed by atoms with van der Waals surface area (Å²) in [4.78, 5) is 10.6. The molecule has 0 radical (unpaired) electrons. The number of ether oxygens (including phenoxy) is 3. The molecular formula is C19H22N4O6S. The zero-order chi connectivity index (χ0) is 21.4. The van der Waals surface area contributed by atoms with Crippen LogP contribution in [-0.2, 0) is 11.3 Å². The number of nitrogens with zero attached hydrogens (tertiary/aromatic N) is 3. The van der Waals surface area contributed by atoms with Crippen LogP contribution in [0.2, 0.25) is 0 Å². The van der Waals surface area contributed by atoms with E-state index >= 15 is 0 Å². The van der Waals surface area contributed by atoms with Gasteiger partial charge in [-0.1, -0.05) is 30.5 Å². The number of nitrogen functional groups attached to an aromatic ring is 1. The van der Waals surface area contributed by atoms with Crippen molar-refractivity contribution < 1.29 is 29.5 Å². The number of thioether (sulfide) groups is 1. The van der Waals surface area contributed by atoms with Crippen molar-refractivity contribution in [2.24, 2.45) is 0 Å². The lowest BCUT2D eigenvalue weighted by atomic mass is 10.1. The normalized spacial score (nSPS) is 25.5. The van der Waals surface area contributed by atoms with Crippen LogP contribution in [0.5, 0.6) is 11.6 Å². The minimum absolute atomic E-state index is 0.0227. The van der Waals surface area contributed by atoms with E-state index in [4.69, 9.17) is 19.9 Å². The van der Waals surface area contributed by atoms with E-state index in [1.165, 1.54) is 16.7 Å². The highest BCUT2D eigenvalue weighted by molar-refractivity contribution is 8.03. The fourth-order valence-electron chi connectivity index (χ4n) is 3.30. The first-order valence-electron chi connectivity index (χ1n) is 9.14. The van der Waals surface area contributed by atoms with E-state index in [1.54, 1.807) is 7.11 Å². The van der Waals surface area contributed by atoms with Gasteiger partial charge < -0.3 is 35.3 Å². The monoisotopic (exact) mass is 434 g/mol. The predicted molar refractivity (Wildman–Crippen MR) is 109 cm³/mol. The van der Waals surface area contributed by atoms with E-state index in [2.05, 4.69) is 16.5 Å². The molecule has 1 fully saturated rings. The van der Waals surface area contributed by atoms with E-state index < -0.39 is 31.1 Å². The van der Waals surface area contributed by atoms with Crippen LogP contribution in [0.4, 0.5) is 11.8 Å². The number of hydrogen-bond acceptors (Lipinski definition) is 11. The maximum absolute atomic E-state index is 10.4. The maximum atomic E-state index is 10.4. The molecule has 0 spiro atoms. The van der Waals surface area contributed by atoms with Crippen molar-refractivity contribution >= 4 is 23.5 Å². The average Bonchev–Trinajstić information content (AvgIpc) is 3.22. The molecule has 160 valence electrons. The molecule has 5 N–H and O–H groups in total. The molecule has 4 atom stereocenters. The van der Waals surface area contributed by atoms with Gasteiger partial charge in [-0.05, 0) is 17.7 Å². The lowest BCUT2D eigenvalue weighted by molar-refractivity contribution is -0.0205. The van der Waals surface area contributed by atoms with Gasteiger partial charge in [0.05, 0.1) is 18.7 Å². The number of rotatable bonds is 6. The molecule has 2 aliphatic rings. The minimum Gasteiger partial charge on any atom is -0.497 e. The summed E-state index contributed by atoms with van der Waals surface area (Å²) in [6.45, 7) is 3.80. The van der Waals surface area contributed by atoms with Crippen molar-refractivity contribution in [3.63, 3.8) is 0 Å². The van der Waals surface area contributed by atoms with Gasteiger partial charge in [-0.25, -0.2) is 0 Å². The van der Waals surface area contributed by atoms with Gasteiger partial charge >= 0.3 is 0 Å². The van der Waals surface area contributed by atoms with E-state index in [0.29, 0.717) is 15.7 Å². The highest BCUT2D eigenvalue weighted by atomic mass is 32.2. The first kappa shape index (κ1) is 20.7. The van der Waals surface area contributed by atoms with Crippen molar-refractivity contribution in [1.29, 1.82) is 0 Å². The average molecular weight is 434 g/mol. The minimum atomic E-state index is -1.27. The van der Waals surface area contributed by atoms with Crippen LogP contribution >= 0.6 is 11.8 Å². The molecule has 11 heteroatoms. The number of nitrogens with two attached hydrogens (primary N) is 1. The predicted octanol–water partition coefficient (Wildman–Crippen LogP) is 0.469. The van der Waals surface area contributed by atoms with Crippen LogP contribution in [0.1, 0.15) is 5.56 Å². The van der Waals surface area contributed by atoms with E-state index in [9.17, 15) is 15.3 Å². The van der Waals surface area contributed by atoms with E-state index in [0.717, 1.165) is 11.3 Å². The molecule has 0 saturated carbocycles. The Hall–Kier alpha value is -2.57. The molecule has 3 heterocycles. The van der Waals surface area contributed by atoms with Gasteiger partial charge in [-0.2, -0.15) is 9.97 Å². The number of hydrogen-bond donors (Lipinski definition) is 4. The Morgan fingerprint density at radius 1 is 1.23 bits per heavy atom. The summed E-state index contributed by atoms with van der Waals surface area (Å²) in [5.74, 6) is 1.35. The highest BCUT2D eigenvalue weighted by Gasteiger charge is 2.49. The summed E-state index contributed by atoms with van der Waals surface area (Å²) in [5.41, 5.74) is 6.79. The maximum Gasteiger partial charge on any atom is 0.235 e. The zero-order valence-corrected chi connectivity index (χ0v) is 17.0. The number of anilines is 2. The Bertz CT molecular complexity index is 943. The Morgan fingerprint density at radius 3 is 2.60 bits per heavy atom. The first-order valence-corrected chi connectivity index (χ1v) is 9.96. The molecular weight excluding hydrogens is 412 g/mol. The smallest absolute Gasteiger partial charge is 0.235 e. The second-order valence-electron chi connectivity index (χ2n) is 6.77. The Labute approximate surface area is 176 Å². The number of aliphatic hydroxyl groups excluding tert-OH is 3. The van der Waals surface area contributed by atoms with Crippen molar-refractivity contribution in [1.82, 2.24) is 9.97 Å². The fourth-order valence-corrected chi connectivity index (χ4v) is 4.25. The van der Waals surface area contributed by atoms with Crippen molar-refractivity contribution in [2.75, 3.05) is 24.4 Å². The van der Waals surface area contributed by atoms with Gasteiger partial charge in [0, 0.05) is 0 Å². The molecule has 0 amide bonds. The third kappa shape index (κ3) is 3.66. The zero-order valence-electron chi connectivity index (χ0n) is 16.1. The highest BCUT2D eigenvalue weighted by Crippen LogP contribution is 2.50. The summed E-state index contributed by atoms with van der Waals surface area (Å²) in [6.07, 6.45) is -4.42. The van der Waals surface area contributed by atoms with Crippen LogP contribution in [0.25, 0.3) is 0 Å². The van der Waals surface area contributed by atoms with Crippen molar-refractivity contribution in [2.45, 2.75) is 36.0 Å². The molecule has 0 unspecified atom stereocenters. The molecule has 2 aliphatic heterocycles. The van der Waals surface area contributed by atoms with Crippen LogP contribution in [-0.4, -0.2) is 63.5 Å². The third-order valence-electron chi connectivity index (χ3n) is 4.86. The van der Waals surface area contributed by atoms with Gasteiger partial charge in [-0.3, -0.25) is 4.90 Å². The molecule has 1 aromatic carbocycles. The molecule has 1 saturated heterocycles. The number of fused-ring (bicyclic) bond motifs is 1. The molecule has 30 heavy (non-hydrogen) atoms. The van der Waals surface area contributed by atoms with Crippen LogP contribution in [0.3, 0.4) is 0 Å². The van der Waals surface area contributed by atoms with E-state index in [1.807, 2.05) is 24.3 Å². The molecule has 0 bridgehead atoms. The summed E-state index contributed by atoms with van der Waals surface area (Å²) < 4.78 is 16.7. The topological polar surface area (TPSA) is 143 Å². The SMILES string of the molecule is C=C1Sc2c(OCc3ccc(OC)cc3)nc(N)nc2N1[C@@H]1O[C@H](CO)[C@@H](O)[C@H]1O. The van der Waals surface area contributed by atoms with Crippen molar-refractivity contribution in [3.05, 3.63) is 41.4 Å². The Morgan fingerprint density at radius 2 is 1.97 bits per heavy atom. The van der Waals surface area contributed by atoms with Crippen molar-refractivity contribution in [3.8, 4) is 11.6 Å². The molecule has 1 aromatic heterocycles. The van der Waals surface area contributed by atoms with E-state index in [-0.39, 0.29) is 18.4 Å². The summed E-state index contributed by atoms with van der Waals surface area (Å²) in [5, 5.41) is 30.3. The van der Waals surface area contributed by atoms with Gasteiger partial charge in [0.15, 0.2) is 12.0 Å². The van der Waals surface area contributed by atoms with Gasteiger partial charge in [-0.15, -0.1) is 0 Å². The molecule has 4 rings (SSSR count). The Balaban J connectivity index is 1.59. The molecule has 10 nitrogen and oxygen atoms in total. The fraction of sp³-hybridized carbons (Fsp3) is 0.368. The lowest BCUT2D eigenvalue weighted by Gasteiger charge is -2.27. The van der Waals surface area contributed by atoms with Crippen LogP contribution in [0, 0.1) is 0 Å². The number of aliphatic hydroxyl groups is 3. The summed E-state index contributed by atoms with van der Waals surface area (Å²) in [6, 6.07) is 7.41. The quantitative estimate of drug-likeness (QED) is 0.504. The van der Waals surface area contributed by atoms with Gasteiger partial charge in [0.2, 0.25) is 11.8 Å². The number of methoxy groups -OCH3 is 1. The van der Waals surface area contributed by atoms with Gasteiger partial charge in [0.1, 0.15) is 35.6 Å². The van der Waals surface area contributed by atoms with Crippen LogP contribution < -0.4 is 20.1 Å². The Kier molecular flexibility index (Phi) is 5.71. The third-order valence-corrected chi connectivity index (χ3v) is 5.85. The number of aromatic nitrogens is 2. The second kappa shape index (κ2) is 8.28. The lowest BCUT2D eigenvalue weighted by Crippen LogP contribution is -2.42. The summed E-state index contributed by atoms with van der Waals surface area (Å²) in [7, 11) is 1.60. The standard InChI is InChI=1S/C19H22N4O6S/c1-9-23(18-14(26)13(25)12(7-24)29-18)16-15(30-9)17(22-19(20)21-16)28-8-10-3-5-11(27-2)6-4-10/h3-6,12-14,18,24-26H,1,7-8H2,2H3,(H2,20,21,22)/t12-,13-,14-,18-/m1/s1.